The standard InChI is InChI=1S/C20H32N6O2.HI/c1-15-13-26(14-17(15)19(27)28-4)20(21-2)23-12-16-5-6-22-18(11-16)25-9-7-24(3)8-10-25;/h5-6,11,15,17H,7-10,12-14H2,1-4H3,(H,21,23);1H. The second kappa shape index (κ2) is 11.0. The fraction of sp³-hybridized carbons (Fsp3) is 0.650. The van der Waals surface area contributed by atoms with Crippen LogP contribution in [0.1, 0.15) is 12.5 Å². The van der Waals surface area contributed by atoms with Gasteiger partial charge in [0.15, 0.2) is 5.96 Å². The van der Waals surface area contributed by atoms with Crippen molar-refractivity contribution < 1.29 is 9.53 Å². The number of pyridine rings is 1. The van der Waals surface area contributed by atoms with Gasteiger partial charge in [-0.3, -0.25) is 9.79 Å². The molecule has 29 heavy (non-hydrogen) atoms. The third kappa shape index (κ3) is 5.94. The maximum absolute atomic E-state index is 11.9. The van der Waals surface area contributed by atoms with Crippen molar-refractivity contribution in [2.24, 2.45) is 16.8 Å². The van der Waals surface area contributed by atoms with Crippen LogP contribution in [0.4, 0.5) is 5.82 Å². The van der Waals surface area contributed by atoms with Crippen LogP contribution in [0, 0.1) is 11.8 Å². The van der Waals surface area contributed by atoms with Gasteiger partial charge in [-0.15, -0.1) is 24.0 Å². The Morgan fingerprint density at radius 3 is 2.69 bits per heavy atom. The second-order valence-electron chi connectivity index (χ2n) is 7.73. The lowest BCUT2D eigenvalue weighted by molar-refractivity contribution is -0.145. The van der Waals surface area contributed by atoms with Gasteiger partial charge in [0.05, 0.1) is 13.0 Å². The largest absolute Gasteiger partial charge is 0.469 e. The molecule has 0 saturated carbocycles. The molecule has 0 aromatic carbocycles. The molecule has 2 saturated heterocycles. The van der Waals surface area contributed by atoms with Crippen molar-refractivity contribution in [2.45, 2.75) is 13.5 Å². The van der Waals surface area contributed by atoms with Gasteiger partial charge >= 0.3 is 5.97 Å². The molecule has 2 atom stereocenters. The minimum Gasteiger partial charge on any atom is -0.469 e. The lowest BCUT2D eigenvalue weighted by Gasteiger charge is -2.33. The Bertz CT molecular complexity index is 708. The van der Waals surface area contributed by atoms with E-state index in [0.717, 1.165) is 44.5 Å². The van der Waals surface area contributed by atoms with Crippen molar-refractivity contribution >= 4 is 41.7 Å². The van der Waals surface area contributed by atoms with Crippen LogP contribution in [0.3, 0.4) is 0 Å². The molecule has 8 nitrogen and oxygen atoms in total. The number of carbonyl (C=O) groups excluding carboxylic acids is 1. The molecule has 9 heteroatoms. The number of methoxy groups -OCH3 is 1. The van der Waals surface area contributed by atoms with Crippen LogP contribution < -0.4 is 10.2 Å². The Labute approximate surface area is 190 Å². The fourth-order valence-electron chi connectivity index (χ4n) is 3.89. The number of anilines is 1. The van der Waals surface area contributed by atoms with E-state index >= 15 is 0 Å². The number of rotatable bonds is 4. The van der Waals surface area contributed by atoms with Crippen LogP contribution in [0.2, 0.25) is 0 Å². The number of aliphatic imine (C=N–C) groups is 1. The highest BCUT2D eigenvalue weighted by atomic mass is 127. The molecule has 1 N–H and O–H groups in total. The second-order valence-corrected chi connectivity index (χ2v) is 7.73. The van der Waals surface area contributed by atoms with Crippen LogP contribution in [0.25, 0.3) is 0 Å². The molecule has 0 aliphatic carbocycles. The number of hydrogen-bond donors (Lipinski definition) is 1. The third-order valence-electron chi connectivity index (χ3n) is 5.72. The Hall–Kier alpha value is -1.62. The molecule has 1 aromatic heterocycles. The number of aromatic nitrogens is 1. The molecule has 162 valence electrons. The maximum Gasteiger partial charge on any atom is 0.310 e. The van der Waals surface area contributed by atoms with Gasteiger partial charge in [-0.2, -0.15) is 0 Å². The molecule has 3 heterocycles. The molecule has 2 unspecified atom stereocenters. The number of nitrogens with zero attached hydrogens (tertiary/aromatic N) is 5. The van der Waals surface area contributed by atoms with Crippen molar-refractivity contribution in [3.63, 3.8) is 0 Å². The predicted molar refractivity (Wildman–Crippen MR) is 126 cm³/mol. The normalized spacial score (nSPS) is 23.0. The number of halogens is 1. The average molecular weight is 516 g/mol. The van der Waals surface area contributed by atoms with Gasteiger partial charge in [0.1, 0.15) is 5.82 Å². The van der Waals surface area contributed by atoms with E-state index in [1.54, 1.807) is 7.05 Å². The average Bonchev–Trinajstić information content (AvgIpc) is 3.10. The topological polar surface area (TPSA) is 73.3 Å². The van der Waals surface area contributed by atoms with Crippen molar-refractivity contribution in [3.8, 4) is 0 Å². The highest BCUT2D eigenvalue weighted by Gasteiger charge is 2.36. The van der Waals surface area contributed by atoms with Crippen LogP contribution in [-0.4, -0.2) is 87.2 Å². The summed E-state index contributed by atoms with van der Waals surface area (Å²) in [5.74, 6) is 1.85. The number of guanidine groups is 1. The Kier molecular flexibility index (Phi) is 8.94. The SMILES string of the molecule is CN=C(NCc1ccnc(N2CCN(C)CC2)c1)N1CC(C)C(C(=O)OC)C1.I. The molecular weight excluding hydrogens is 483 g/mol. The highest BCUT2D eigenvalue weighted by Crippen LogP contribution is 2.24. The molecular formula is C20H33IN6O2. The number of likely N-dealkylation sites (N-methyl/N-ethyl adjacent to an activating group) is 1. The minimum atomic E-state index is -0.142. The number of hydrogen-bond acceptors (Lipinski definition) is 6. The van der Waals surface area contributed by atoms with Crippen molar-refractivity contribution in [1.29, 1.82) is 0 Å². The molecule has 0 amide bonds. The van der Waals surface area contributed by atoms with Gasteiger partial charge in [0, 0.05) is 59.1 Å². The molecule has 0 bridgehead atoms. The van der Waals surface area contributed by atoms with E-state index < -0.39 is 0 Å². The van der Waals surface area contributed by atoms with Crippen LogP contribution in [0.15, 0.2) is 23.3 Å². The van der Waals surface area contributed by atoms with Gasteiger partial charge in [-0.1, -0.05) is 6.92 Å². The molecule has 0 spiro atoms. The third-order valence-corrected chi connectivity index (χ3v) is 5.72. The van der Waals surface area contributed by atoms with Gasteiger partial charge in [-0.05, 0) is 30.7 Å². The number of esters is 1. The first-order valence-electron chi connectivity index (χ1n) is 9.93. The first-order valence-corrected chi connectivity index (χ1v) is 9.93. The van der Waals surface area contributed by atoms with Crippen molar-refractivity contribution in [1.82, 2.24) is 20.1 Å². The quantitative estimate of drug-likeness (QED) is 0.280. The summed E-state index contributed by atoms with van der Waals surface area (Å²) in [6, 6.07) is 4.18. The molecule has 0 radical (unpaired) electrons. The molecule has 2 aliphatic heterocycles. The van der Waals surface area contributed by atoms with E-state index in [4.69, 9.17) is 4.74 Å². The Morgan fingerprint density at radius 2 is 2.03 bits per heavy atom. The lowest BCUT2D eigenvalue weighted by Crippen LogP contribution is -2.44. The van der Waals surface area contributed by atoms with Gasteiger partial charge in [0.2, 0.25) is 0 Å². The number of likely N-dealkylation sites (tertiary alicyclic amines) is 1. The smallest absolute Gasteiger partial charge is 0.310 e. The minimum absolute atomic E-state index is 0. The number of carbonyl (C=O) groups is 1. The van der Waals surface area contributed by atoms with E-state index in [1.165, 1.54) is 12.7 Å². The van der Waals surface area contributed by atoms with Crippen molar-refractivity contribution in [3.05, 3.63) is 23.9 Å². The maximum atomic E-state index is 11.9. The summed E-state index contributed by atoms with van der Waals surface area (Å²) in [5, 5.41) is 3.43. The van der Waals surface area contributed by atoms with Crippen LogP contribution in [0.5, 0.6) is 0 Å². The van der Waals surface area contributed by atoms with Crippen molar-refractivity contribution in [2.75, 3.05) is 65.4 Å². The van der Waals surface area contributed by atoms with Crippen LogP contribution >= 0.6 is 24.0 Å². The summed E-state index contributed by atoms with van der Waals surface area (Å²) in [4.78, 5) is 27.7. The fourth-order valence-corrected chi connectivity index (χ4v) is 3.89. The highest BCUT2D eigenvalue weighted by molar-refractivity contribution is 14.0. The summed E-state index contributed by atoms with van der Waals surface area (Å²) < 4.78 is 4.93. The lowest BCUT2D eigenvalue weighted by atomic mass is 9.99. The summed E-state index contributed by atoms with van der Waals surface area (Å²) >= 11 is 0. The van der Waals surface area contributed by atoms with Gasteiger partial charge in [-0.25, -0.2) is 4.98 Å². The predicted octanol–water partition coefficient (Wildman–Crippen LogP) is 1.27. The molecule has 2 aliphatic rings. The monoisotopic (exact) mass is 516 g/mol. The van der Waals surface area contributed by atoms with E-state index in [1.807, 2.05) is 12.3 Å². The first-order chi connectivity index (χ1) is 13.5. The zero-order valence-electron chi connectivity index (χ0n) is 17.8. The molecule has 1 aromatic rings. The number of piperazine rings is 1. The first kappa shape index (κ1) is 23.7. The van der Waals surface area contributed by atoms with Crippen LogP contribution in [-0.2, 0) is 16.1 Å². The zero-order valence-corrected chi connectivity index (χ0v) is 20.1. The summed E-state index contributed by atoms with van der Waals surface area (Å²) in [6.07, 6.45) is 1.87. The van der Waals surface area contributed by atoms with E-state index in [9.17, 15) is 4.79 Å². The Balaban J connectivity index is 0.00000300. The van der Waals surface area contributed by atoms with E-state index in [0.29, 0.717) is 13.1 Å². The number of nitrogens with one attached hydrogen (secondary N) is 1. The number of ether oxygens (including phenoxy) is 1. The van der Waals surface area contributed by atoms with Gasteiger partial charge < -0.3 is 24.8 Å². The van der Waals surface area contributed by atoms with E-state index in [2.05, 4.69) is 50.0 Å². The summed E-state index contributed by atoms with van der Waals surface area (Å²) in [7, 11) is 5.38. The molecule has 3 rings (SSSR count). The zero-order chi connectivity index (χ0) is 20.1. The Morgan fingerprint density at radius 1 is 1.31 bits per heavy atom. The summed E-state index contributed by atoms with van der Waals surface area (Å²) in [5.41, 5.74) is 1.17. The summed E-state index contributed by atoms with van der Waals surface area (Å²) in [6.45, 7) is 8.31. The van der Waals surface area contributed by atoms with E-state index in [-0.39, 0.29) is 41.8 Å². The van der Waals surface area contributed by atoms with Gasteiger partial charge in [0.25, 0.3) is 0 Å². The molecule has 2 fully saturated rings.